The van der Waals surface area contributed by atoms with E-state index in [0.717, 1.165) is 6.07 Å². The van der Waals surface area contributed by atoms with E-state index in [1.54, 1.807) is 0 Å². The molecule has 0 heterocycles. The van der Waals surface area contributed by atoms with E-state index in [4.69, 9.17) is 0 Å². The molecular formula is C15H11F3O. The van der Waals surface area contributed by atoms with Crippen LogP contribution in [-0.4, -0.2) is 6.29 Å². The van der Waals surface area contributed by atoms with Gasteiger partial charge in [0.1, 0.15) is 23.7 Å². The van der Waals surface area contributed by atoms with E-state index in [2.05, 4.69) is 0 Å². The number of carbonyl (C=O) groups is 1. The summed E-state index contributed by atoms with van der Waals surface area (Å²) in [6.45, 7) is 0. The predicted molar refractivity (Wildman–Crippen MR) is 65.3 cm³/mol. The molecule has 0 bridgehead atoms. The third-order valence-corrected chi connectivity index (χ3v) is 2.89. The number of halogens is 3. The topological polar surface area (TPSA) is 17.1 Å². The Morgan fingerprint density at radius 1 is 0.842 bits per heavy atom. The minimum absolute atomic E-state index is 0.0779. The summed E-state index contributed by atoms with van der Waals surface area (Å²) in [7, 11) is 0. The SMILES string of the molecule is O=CCC(c1ccc(F)cc1)c1cc(F)cc(F)c1. The van der Waals surface area contributed by atoms with Crippen LogP contribution in [0.1, 0.15) is 23.5 Å². The Morgan fingerprint density at radius 2 is 1.42 bits per heavy atom. The number of carbonyl (C=O) groups excluding carboxylic acids is 1. The zero-order valence-corrected chi connectivity index (χ0v) is 9.95. The van der Waals surface area contributed by atoms with Crippen molar-refractivity contribution in [2.45, 2.75) is 12.3 Å². The minimum atomic E-state index is -0.701. The Hall–Kier alpha value is -2.10. The highest BCUT2D eigenvalue weighted by atomic mass is 19.1. The summed E-state index contributed by atoms with van der Waals surface area (Å²) in [5.74, 6) is -2.29. The molecule has 4 heteroatoms. The average Bonchev–Trinajstić information content (AvgIpc) is 2.36. The van der Waals surface area contributed by atoms with Gasteiger partial charge in [0, 0.05) is 18.4 Å². The molecule has 1 unspecified atom stereocenters. The summed E-state index contributed by atoms with van der Waals surface area (Å²) in [6, 6.07) is 8.65. The molecule has 0 aromatic heterocycles. The van der Waals surface area contributed by atoms with Gasteiger partial charge < -0.3 is 4.79 Å². The molecule has 1 atom stereocenters. The van der Waals surface area contributed by atoms with Gasteiger partial charge in [-0.3, -0.25) is 0 Å². The average molecular weight is 264 g/mol. The van der Waals surface area contributed by atoms with Crippen LogP contribution in [0.4, 0.5) is 13.2 Å². The molecular weight excluding hydrogens is 253 g/mol. The van der Waals surface area contributed by atoms with Crippen molar-refractivity contribution >= 4 is 6.29 Å². The van der Waals surface area contributed by atoms with Gasteiger partial charge in [-0.15, -0.1) is 0 Å². The van der Waals surface area contributed by atoms with Gasteiger partial charge in [-0.2, -0.15) is 0 Å². The van der Waals surface area contributed by atoms with Gasteiger partial charge in [0.25, 0.3) is 0 Å². The monoisotopic (exact) mass is 264 g/mol. The first-order valence-corrected chi connectivity index (χ1v) is 5.75. The van der Waals surface area contributed by atoms with Crippen LogP contribution in [0.3, 0.4) is 0 Å². The van der Waals surface area contributed by atoms with Crippen molar-refractivity contribution in [1.82, 2.24) is 0 Å². The zero-order valence-electron chi connectivity index (χ0n) is 9.95. The molecule has 98 valence electrons. The summed E-state index contributed by atoms with van der Waals surface area (Å²) in [6.07, 6.45) is 0.755. The molecule has 0 aliphatic heterocycles. The molecule has 0 spiro atoms. The lowest BCUT2D eigenvalue weighted by Crippen LogP contribution is -2.03. The van der Waals surface area contributed by atoms with Crippen LogP contribution in [0.15, 0.2) is 42.5 Å². The molecule has 0 radical (unpaired) electrons. The van der Waals surface area contributed by atoms with E-state index in [1.165, 1.54) is 36.4 Å². The summed E-state index contributed by atoms with van der Waals surface area (Å²) in [5, 5.41) is 0. The van der Waals surface area contributed by atoms with Crippen molar-refractivity contribution in [1.29, 1.82) is 0 Å². The number of benzene rings is 2. The Bertz CT molecular complexity index is 558. The van der Waals surface area contributed by atoms with Crippen LogP contribution >= 0.6 is 0 Å². The van der Waals surface area contributed by atoms with Crippen LogP contribution in [0.2, 0.25) is 0 Å². The second-order valence-corrected chi connectivity index (χ2v) is 4.21. The minimum Gasteiger partial charge on any atom is -0.303 e. The highest BCUT2D eigenvalue weighted by Gasteiger charge is 2.16. The number of rotatable bonds is 4. The van der Waals surface area contributed by atoms with E-state index in [0.29, 0.717) is 17.4 Å². The molecule has 0 N–H and O–H groups in total. The third kappa shape index (κ3) is 3.22. The highest BCUT2D eigenvalue weighted by Crippen LogP contribution is 2.28. The maximum Gasteiger partial charge on any atom is 0.126 e. The first kappa shape index (κ1) is 13.3. The van der Waals surface area contributed by atoms with Gasteiger partial charge in [-0.1, -0.05) is 12.1 Å². The molecule has 0 saturated heterocycles. The van der Waals surface area contributed by atoms with Crippen molar-refractivity contribution in [3.63, 3.8) is 0 Å². The fraction of sp³-hybridized carbons (Fsp3) is 0.133. The van der Waals surface area contributed by atoms with Crippen LogP contribution in [-0.2, 0) is 4.79 Å². The third-order valence-electron chi connectivity index (χ3n) is 2.89. The molecule has 2 aromatic rings. The standard InChI is InChI=1S/C15H11F3O/c16-12-3-1-10(2-4-12)15(5-6-19)11-7-13(17)9-14(18)8-11/h1-4,6-9,15H,5H2. The van der Waals surface area contributed by atoms with E-state index in [9.17, 15) is 18.0 Å². The summed E-state index contributed by atoms with van der Waals surface area (Å²) < 4.78 is 39.3. The largest absolute Gasteiger partial charge is 0.303 e. The fourth-order valence-electron chi connectivity index (χ4n) is 2.03. The van der Waals surface area contributed by atoms with Crippen LogP contribution in [0, 0.1) is 17.5 Å². The van der Waals surface area contributed by atoms with E-state index in [-0.39, 0.29) is 6.42 Å². The number of hydrogen-bond acceptors (Lipinski definition) is 1. The molecule has 0 fully saturated rings. The van der Waals surface area contributed by atoms with Crippen molar-refractivity contribution < 1.29 is 18.0 Å². The van der Waals surface area contributed by atoms with Gasteiger partial charge in [0.2, 0.25) is 0 Å². The maximum absolute atomic E-state index is 13.2. The molecule has 1 nitrogen and oxygen atoms in total. The number of hydrogen-bond donors (Lipinski definition) is 0. The molecule has 0 saturated carbocycles. The number of aldehydes is 1. The van der Waals surface area contributed by atoms with Crippen molar-refractivity contribution in [2.24, 2.45) is 0 Å². The van der Waals surface area contributed by atoms with Crippen molar-refractivity contribution in [3.05, 3.63) is 71.0 Å². The van der Waals surface area contributed by atoms with Crippen LogP contribution in [0.25, 0.3) is 0 Å². The Balaban J connectivity index is 2.44. The van der Waals surface area contributed by atoms with Crippen molar-refractivity contribution in [3.8, 4) is 0 Å². The van der Waals surface area contributed by atoms with Gasteiger partial charge in [0.15, 0.2) is 0 Å². The van der Waals surface area contributed by atoms with Crippen LogP contribution in [0.5, 0.6) is 0 Å². The normalized spacial score (nSPS) is 12.2. The molecule has 2 rings (SSSR count). The predicted octanol–water partition coefficient (Wildman–Crippen LogP) is 3.82. The van der Waals surface area contributed by atoms with Gasteiger partial charge in [-0.05, 0) is 35.4 Å². The Labute approximate surface area is 108 Å². The highest BCUT2D eigenvalue weighted by molar-refractivity contribution is 5.54. The molecule has 0 aliphatic carbocycles. The molecule has 19 heavy (non-hydrogen) atoms. The zero-order chi connectivity index (χ0) is 13.8. The fourth-order valence-corrected chi connectivity index (χ4v) is 2.03. The van der Waals surface area contributed by atoms with Gasteiger partial charge >= 0.3 is 0 Å². The quantitative estimate of drug-likeness (QED) is 0.767. The second kappa shape index (κ2) is 5.69. The smallest absolute Gasteiger partial charge is 0.126 e. The molecule has 2 aromatic carbocycles. The second-order valence-electron chi connectivity index (χ2n) is 4.21. The van der Waals surface area contributed by atoms with E-state index in [1.807, 2.05) is 0 Å². The Morgan fingerprint density at radius 3 is 1.95 bits per heavy atom. The summed E-state index contributed by atoms with van der Waals surface area (Å²) >= 11 is 0. The van der Waals surface area contributed by atoms with E-state index < -0.39 is 23.4 Å². The van der Waals surface area contributed by atoms with Gasteiger partial charge in [-0.25, -0.2) is 13.2 Å². The lowest BCUT2D eigenvalue weighted by atomic mass is 9.89. The lowest BCUT2D eigenvalue weighted by molar-refractivity contribution is -0.108. The van der Waals surface area contributed by atoms with Crippen molar-refractivity contribution in [2.75, 3.05) is 0 Å². The summed E-state index contributed by atoms with van der Waals surface area (Å²) in [4.78, 5) is 10.7. The van der Waals surface area contributed by atoms with E-state index >= 15 is 0 Å². The summed E-state index contributed by atoms with van der Waals surface area (Å²) in [5.41, 5.74) is 0.995. The lowest BCUT2D eigenvalue weighted by Gasteiger charge is -2.15. The van der Waals surface area contributed by atoms with Gasteiger partial charge in [0.05, 0.1) is 0 Å². The first-order valence-electron chi connectivity index (χ1n) is 5.75. The Kier molecular flexibility index (Phi) is 4.00. The first-order chi connectivity index (χ1) is 9.10. The molecule has 0 amide bonds. The maximum atomic E-state index is 13.2. The molecule has 0 aliphatic rings. The van der Waals surface area contributed by atoms with Crippen LogP contribution < -0.4 is 0 Å².